The molecular formula is C12H6ClF3N4OS. The minimum absolute atomic E-state index is 0.0222. The van der Waals surface area contributed by atoms with E-state index in [1.54, 1.807) is 5.51 Å². The lowest BCUT2D eigenvalue weighted by Crippen LogP contribution is -2.14. The molecule has 2 aromatic heterocycles. The van der Waals surface area contributed by atoms with Gasteiger partial charge in [-0.15, -0.1) is 0 Å². The van der Waals surface area contributed by atoms with Gasteiger partial charge in [0.25, 0.3) is 5.91 Å². The largest absolute Gasteiger partial charge is 0.417 e. The number of amides is 1. The Hall–Kier alpha value is -2.13. The Labute approximate surface area is 130 Å². The van der Waals surface area contributed by atoms with Crippen molar-refractivity contribution in [1.29, 1.82) is 0 Å². The standard InChI is InChI=1S/C12H6ClF3N4OS/c13-8-2-1-6(3-7(8)12(14,15)16)18-10(21)9-4-20-11(19-9)22-5-17-20/h1-5H,(H,18,21). The number of imidazole rings is 1. The van der Waals surface area contributed by atoms with E-state index >= 15 is 0 Å². The third kappa shape index (κ3) is 2.77. The molecule has 0 bridgehead atoms. The molecule has 3 aromatic rings. The maximum atomic E-state index is 12.8. The van der Waals surface area contributed by atoms with Crippen molar-refractivity contribution in [1.82, 2.24) is 14.6 Å². The second-order valence-corrected chi connectivity index (χ2v) is 5.46. The smallest absolute Gasteiger partial charge is 0.321 e. The van der Waals surface area contributed by atoms with Crippen molar-refractivity contribution in [2.75, 3.05) is 5.32 Å². The van der Waals surface area contributed by atoms with Gasteiger partial charge in [0.1, 0.15) is 11.2 Å². The normalized spacial score (nSPS) is 11.8. The number of hydrogen-bond donors (Lipinski definition) is 1. The van der Waals surface area contributed by atoms with E-state index in [0.717, 1.165) is 12.1 Å². The van der Waals surface area contributed by atoms with Gasteiger partial charge in [-0.25, -0.2) is 9.50 Å². The van der Waals surface area contributed by atoms with E-state index in [9.17, 15) is 18.0 Å². The fourth-order valence-corrected chi connectivity index (χ4v) is 2.59. The molecule has 3 rings (SSSR count). The number of aromatic nitrogens is 3. The van der Waals surface area contributed by atoms with E-state index < -0.39 is 22.7 Å². The third-order valence-electron chi connectivity index (χ3n) is 2.75. The third-order valence-corrected chi connectivity index (χ3v) is 3.77. The molecule has 0 unspecified atom stereocenters. The molecule has 1 N–H and O–H groups in total. The van der Waals surface area contributed by atoms with Crippen LogP contribution in [0.25, 0.3) is 4.96 Å². The number of fused-ring (bicyclic) bond motifs is 1. The van der Waals surface area contributed by atoms with Crippen LogP contribution in [-0.4, -0.2) is 20.5 Å². The maximum Gasteiger partial charge on any atom is 0.417 e. The Balaban J connectivity index is 1.86. The molecule has 0 spiro atoms. The molecule has 22 heavy (non-hydrogen) atoms. The molecule has 1 amide bonds. The van der Waals surface area contributed by atoms with E-state index in [1.807, 2.05) is 0 Å². The Kier molecular flexibility index (Phi) is 3.53. The average molecular weight is 347 g/mol. The first-order valence-corrected chi connectivity index (χ1v) is 7.07. The summed E-state index contributed by atoms with van der Waals surface area (Å²) in [7, 11) is 0. The van der Waals surface area contributed by atoms with Crippen LogP contribution in [0.3, 0.4) is 0 Å². The minimum atomic E-state index is -4.60. The first kappa shape index (κ1) is 14.8. The monoisotopic (exact) mass is 346 g/mol. The van der Waals surface area contributed by atoms with Gasteiger partial charge in [-0.05, 0) is 18.2 Å². The quantitative estimate of drug-likeness (QED) is 0.769. The Morgan fingerprint density at radius 2 is 2.14 bits per heavy atom. The maximum absolute atomic E-state index is 12.8. The summed E-state index contributed by atoms with van der Waals surface area (Å²) in [4.78, 5) is 16.5. The predicted octanol–water partition coefficient (Wildman–Crippen LogP) is 3.72. The molecular weight excluding hydrogens is 341 g/mol. The van der Waals surface area contributed by atoms with Crippen molar-refractivity contribution in [2.45, 2.75) is 6.18 Å². The summed E-state index contributed by atoms with van der Waals surface area (Å²) in [6, 6.07) is 3.14. The van der Waals surface area contributed by atoms with Gasteiger partial charge in [0, 0.05) is 5.69 Å². The van der Waals surface area contributed by atoms with Gasteiger partial charge >= 0.3 is 6.18 Å². The van der Waals surface area contributed by atoms with E-state index in [4.69, 9.17) is 11.6 Å². The van der Waals surface area contributed by atoms with Gasteiger partial charge in [0.2, 0.25) is 4.96 Å². The first-order chi connectivity index (χ1) is 10.3. The lowest BCUT2D eigenvalue weighted by atomic mass is 10.2. The molecule has 114 valence electrons. The second kappa shape index (κ2) is 5.25. The Morgan fingerprint density at radius 3 is 2.82 bits per heavy atom. The highest BCUT2D eigenvalue weighted by Gasteiger charge is 2.33. The van der Waals surface area contributed by atoms with Crippen LogP contribution in [0.1, 0.15) is 16.1 Å². The van der Waals surface area contributed by atoms with E-state index in [2.05, 4.69) is 15.4 Å². The number of carbonyl (C=O) groups excluding carboxylic acids is 1. The lowest BCUT2D eigenvalue weighted by Gasteiger charge is -2.11. The molecule has 0 saturated heterocycles. The van der Waals surface area contributed by atoms with Gasteiger partial charge < -0.3 is 5.32 Å². The molecule has 1 aromatic carbocycles. The van der Waals surface area contributed by atoms with Crippen LogP contribution in [0.5, 0.6) is 0 Å². The van der Waals surface area contributed by atoms with Crippen LogP contribution in [-0.2, 0) is 6.18 Å². The number of benzene rings is 1. The SMILES string of the molecule is O=C(Nc1ccc(Cl)c(C(F)(F)F)c1)c1cn2ncsc2n1. The Morgan fingerprint density at radius 1 is 1.36 bits per heavy atom. The molecule has 0 aliphatic carbocycles. The van der Waals surface area contributed by atoms with Gasteiger partial charge in [-0.2, -0.15) is 18.3 Å². The fourth-order valence-electron chi connectivity index (χ4n) is 1.76. The summed E-state index contributed by atoms with van der Waals surface area (Å²) in [5.74, 6) is -0.631. The molecule has 0 aliphatic rings. The number of carbonyl (C=O) groups is 1. The number of alkyl halides is 3. The summed E-state index contributed by atoms with van der Waals surface area (Å²) in [5, 5.41) is 5.83. The van der Waals surface area contributed by atoms with Crippen molar-refractivity contribution in [3.8, 4) is 0 Å². The van der Waals surface area contributed by atoms with Gasteiger partial charge in [0.05, 0.1) is 16.8 Å². The number of anilines is 1. The number of halogens is 4. The van der Waals surface area contributed by atoms with Crippen molar-refractivity contribution in [3.63, 3.8) is 0 Å². The highest BCUT2D eigenvalue weighted by molar-refractivity contribution is 7.14. The fraction of sp³-hybridized carbons (Fsp3) is 0.0833. The topological polar surface area (TPSA) is 59.3 Å². The molecule has 10 heteroatoms. The lowest BCUT2D eigenvalue weighted by molar-refractivity contribution is -0.137. The van der Waals surface area contributed by atoms with Gasteiger partial charge in [-0.3, -0.25) is 4.79 Å². The summed E-state index contributed by atoms with van der Waals surface area (Å²) >= 11 is 6.75. The zero-order chi connectivity index (χ0) is 15.9. The second-order valence-electron chi connectivity index (χ2n) is 4.24. The minimum Gasteiger partial charge on any atom is -0.321 e. The van der Waals surface area contributed by atoms with E-state index in [0.29, 0.717) is 4.96 Å². The molecule has 0 fully saturated rings. The molecule has 0 radical (unpaired) electrons. The predicted molar refractivity (Wildman–Crippen MR) is 75.3 cm³/mol. The summed E-state index contributed by atoms with van der Waals surface area (Å²) in [5.41, 5.74) is 0.576. The molecule has 0 atom stereocenters. The van der Waals surface area contributed by atoms with Crippen molar-refractivity contribution >= 4 is 39.5 Å². The van der Waals surface area contributed by atoms with Crippen molar-refractivity contribution < 1.29 is 18.0 Å². The molecule has 0 saturated carbocycles. The summed E-state index contributed by atoms with van der Waals surface area (Å²) < 4.78 is 39.7. The van der Waals surface area contributed by atoms with Crippen LogP contribution < -0.4 is 5.32 Å². The van der Waals surface area contributed by atoms with E-state index in [1.165, 1.54) is 28.1 Å². The van der Waals surface area contributed by atoms with Crippen LogP contribution in [0.2, 0.25) is 5.02 Å². The van der Waals surface area contributed by atoms with Crippen LogP contribution >= 0.6 is 22.9 Å². The Bertz CT molecular complexity index is 829. The number of hydrogen-bond acceptors (Lipinski definition) is 4. The van der Waals surface area contributed by atoms with Crippen molar-refractivity contribution in [2.24, 2.45) is 0 Å². The van der Waals surface area contributed by atoms with Gasteiger partial charge in [0.15, 0.2) is 0 Å². The first-order valence-electron chi connectivity index (χ1n) is 5.81. The van der Waals surface area contributed by atoms with Gasteiger partial charge in [-0.1, -0.05) is 22.9 Å². The molecule has 0 aliphatic heterocycles. The van der Waals surface area contributed by atoms with Crippen LogP contribution in [0.15, 0.2) is 29.9 Å². The molecule has 2 heterocycles. The van der Waals surface area contributed by atoms with Crippen LogP contribution in [0, 0.1) is 0 Å². The van der Waals surface area contributed by atoms with Crippen LogP contribution in [0.4, 0.5) is 18.9 Å². The van der Waals surface area contributed by atoms with E-state index in [-0.39, 0.29) is 11.4 Å². The number of nitrogens with zero attached hydrogens (tertiary/aromatic N) is 3. The number of rotatable bonds is 2. The summed E-state index contributed by atoms with van der Waals surface area (Å²) in [6.45, 7) is 0. The average Bonchev–Trinajstić information content (AvgIpc) is 3.00. The highest BCUT2D eigenvalue weighted by atomic mass is 35.5. The summed E-state index contributed by atoms with van der Waals surface area (Å²) in [6.07, 6.45) is -3.21. The van der Waals surface area contributed by atoms with Crippen molar-refractivity contribution in [3.05, 3.63) is 46.2 Å². The number of nitrogens with one attached hydrogen (secondary N) is 1. The zero-order valence-electron chi connectivity index (χ0n) is 10.6. The molecule has 5 nitrogen and oxygen atoms in total. The highest BCUT2D eigenvalue weighted by Crippen LogP contribution is 2.36. The zero-order valence-corrected chi connectivity index (χ0v) is 12.1.